The van der Waals surface area contributed by atoms with E-state index in [0.717, 1.165) is 39.5 Å². The van der Waals surface area contributed by atoms with Crippen LogP contribution in [0.1, 0.15) is 17.0 Å². The highest BCUT2D eigenvalue weighted by atomic mass is 16.5. The SMILES string of the molecule is COc1ccc(CC(=O)NCCc2nc3ccccc3n2Cc2ccccc2OC)cc1. The Kier molecular flexibility index (Phi) is 6.70. The number of hydrogen-bond acceptors (Lipinski definition) is 4. The lowest BCUT2D eigenvalue weighted by molar-refractivity contribution is -0.120. The van der Waals surface area contributed by atoms with Crippen LogP contribution in [0, 0.1) is 0 Å². The number of benzene rings is 3. The first-order valence-electron chi connectivity index (χ1n) is 10.6. The van der Waals surface area contributed by atoms with E-state index in [1.54, 1.807) is 14.2 Å². The molecule has 0 aliphatic heterocycles. The Labute approximate surface area is 187 Å². The summed E-state index contributed by atoms with van der Waals surface area (Å²) in [7, 11) is 3.31. The molecule has 6 heteroatoms. The molecule has 0 bridgehead atoms. The van der Waals surface area contributed by atoms with E-state index in [2.05, 4.69) is 22.0 Å². The zero-order valence-electron chi connectivity index (χ0n) is 18.4. The summed E-state index contributed by atoms with van der Waals surface area (Å²) in [5.74, 6) is 2.55. The van der Waals surface area contributed by atoms with Crippen molar-refractivity contribution in [3.63, 3.8) is 0 Å². The second-order valence-corrected chi connectivity index (χ2v) is 7.54. The van der Waals surface area contributed by atoms with Crippen molar-refractivity contribution in [1.82, 2.24) is 14.9 Å². The summed E-state index contributed by atoms with van der Waals surface area (Å²) >= 11 is 0. The fraction of sp³-hybridized carbons (Fsp3) is 0.231. The van der Waals surface area contributed by atoms with Gasteiger partial charge in [-0.05, 0) is 35.9 Å². The second-order valence-electron chi connectivity index (χ2n) is 7.54. The summed E-state index contributed by atoms with van der Waals surface area (Å²) in [6.45, 7) is 1.17. The number of aromatic nitrogens is 2. The molecule has 1 aromatic heterocycles. The van der Waals surface area contributed by atoms with Crippen LogP contribution in [0.2, 0.25) is 0 Å². The third kappa shape index (κ3) is 4.91. The zero-order chi connectivity index (χ0) is 22.3. The molecule has 0 saturated carbocycles. The molecule has 0 aliphatic rings. The van der Waals surface area contributed by atoms with Crippen LogP contribution in [0.5, 0.6) is 11.5 Å². The van der Waals surface area contributed by atoms with Crippen LogP contribution in [-0.4, -0.2) is 36.2 Å². The third-order valence-corrected chi connectivity index (χ3v) is 5.45. The molecule has 0 radical (unpaired) electrons. The highest BCUT2D eigenvalue weighted by Crippen LogP contribution is 2.23. The predicted molar refractivity (Wildman–Crippen MR) is 125 cm³/mol. The van der Waals surface area contributed by atoms with Crippen molar-refractivity contribution in [2.45, 2.75) is 19.4 Å². The van der Waals surface area contributed by atoms with Gasteiger partial charge in [-0.15, -0.1) is 0 Å². The molecule has 3 aromatic carbocycles. The van der Waals surface area contributed by atoms with Crippen molar-refractivity contribution in [3.05, 3.63) is 89.7 Å². The molecule has 1 N–H and O–H groups in total. The average molecular weight is 430 g/mol. The summed E-state index contributed by atoms with van der Waals surface area (Å²) in [5, 5.41) is 3.02. The number of imidazole rings is 1. The molecule has 1 heterocycles. The quantitative estimate of drug-likeness (QED) is 0.437. The number of amides is 1. The molecule has 0 fully saturated rings. The second kappa shape index (κ2) is 10.0. The fourth-order valence-electron chi connectivity index (χ4n) is 3.80. The van der Waals surface area contributed by atoms with Crippen molar-refractivity contribution in [2.24, 2.45) is 0 Å². The Morgan fingerprint density at radius 3 is 2.47 bits per heavy atom. The van der Waals surface area contributed by atoms with Crippen LogP contribution in [0.3, 0.4) is 0 Å². The molecule has 0 unspecified atom stereocenters. The van der Waals surface area contributed by atoms with E-state index in [1.165, 1.54) is 0 Å². The maximum absolute atomic E-state index is 12.4. The van der Waals surface area contributed by atoms with E-state index in [0.29, 0.717) is 25.9 Å². The van der Waals surface area contributed by atoms with Crippen molar-refractivity contribution in [2.75, 3.05) is 20.8 Å². The van der Waals surface area contributed by atoms with E-state index in [4.69, 9.17) is 14.5 Å². The number of para-hydroxylation sites is 3. The number of nitrogens with zero attached hydrogens (tertiary/aromatic N) is 2. The molecule has 4 aromatic rings. The maximum Gasteiger partial charge on any atom is 0.224 e. The largest absolute Gasteiger partial charge is 0.497 e. The first-order valence-corrected chi connectivity index (χ1v) is 10.6. The van der Waals surface area contributed by atoms with Gasteiger partial charge in [-0.2, -0.15) is 0 Å². The van der Waals surface area contributed by atoms with Crippen LogP contribution < -0.4 is 14.8 Å². The molecule has 4 rings (SSSR count). The van der Waals surface area contributed by atoms with Gasteiger partial charge in [-0.3, -0.25) is 4.79 Å². The molecule has 164 valence electrons. The van der Waals surface area contributed by atoms with Gasteiger partial charge in [0.1, 0.15) is 17.3 Å². The highest BCUT2D eigenvalue weighted by Gasteiger charge is 2.13. The summed E-state index contributed by atoms with van der Waals surface area (Å²) in [5.41, 5.74) is 4.05. The summed E-state index contributed by atoms with van der Waals surface area (Å²) in [6.07, 6.45) is 0.972. The van der Waals surface area contributed by atoms with Crippen molar-refractivity contribution < 1.29 is 14.3 Å². The normalized spacial score (nSPS) is 10.8. The summed E-state index contributed by atoms with van der Waals surface area (Å²) in [6, 6.07) is 23.6. The van der Waals surface area contributed by atoms with Crippen LogP contribution in [0.25, 0.3) is 11.0 Å². The van der Waals surface area contributed by atoms with E-state index in [9.17, 15) is 4.79 Å². The van der Waals surface area contributed by atoms with Gasteiger partial charge in [0, 0.05) is 18.5 Å². The number of ether oxygens (including phenoxy) is 2. The van der Waals surface area contributed by atoms with Crippen molar-refractivity contribution >= 4 is 16.9 Å². The van der Waals surface area contributed by atoms with Crippen LogP contribution in [0.15, 0.2) is 72.8 Å². The lowest BCUT2D eigenvalue weighted by atomic mass is 10.1. The molecule has 0 aliphatic carbocycles. The fourth-order valence-corrected chi connectivity index (χ4v) is 3.80. The van der Waals surface area contributed by atoms with Crippen LogP contribution in [0.4, 0.5) is 0 Å². The number of carbonyl (C=O) groups excluding carboxylic acids is 1. The predicted octanol–water partition coefficient (Wildman–Crippen LogP) is 4.00. The van der Waals surface area contributed by atoms with Gasteiger partial charge in [0.25, 0.3) is 0 Å². The first kappa shape index (κ1) is 21.4. The zero-order valence-corrected chi connectivity index (χ0v) is 18.4. The Bertz CT molecular complexity index is 1200. The number of nitrogens with one attached hydrogen (secondary N) is 1. The number of methoxy groups -OCH3 is 2. The highest BCUT2D eigenvalue weighted by molar-refractivity contribution is 5.78. The lowest BCUT2D eigenvalue weighted by Gasteiger charge is -2.13. The number of carbonyl (C=O) groups is 1. The van der Waals surface area contributed by atoms with E-state index in [1.807, 2.05) is 60.7 Å². The van der Waals surface area contributed by atoms with Gasteiger partial charge in [0.15, 0.2) is 0 Å². The van der Waals surface area contributed by atoms with Gasteiger partial charge in [-0.1, -0.05) is 42.5 Å². The molecule has 0 spiro atoms. The Balaban J connectivity index is 1.45. The standard InChI is InChI=1S/C26H27N3O3/c1-31-21-13-11-19(12-14-21)17-26(30)27-16-15-25-28-22-8-4-5-9-23(22)29(25)18-20-7-3-6-10-24(20)32-2/h3-14H,15-18H2,1-2H3,(H,27,30). The molecular weight excluding hydrogens is 402 g/mol. The topological polar surface area (TPSA) is 65.4 Å². The number of hydrogen-bond donors (Lipinski definition) is 1. The lowest BCUT2D eigenvalue weighted by Crippen LogP contribution is -2.28. The molecule has 6 nitrogen and oxygen atoms in total. The van der Waals surface area contributed by atoms with E-state index >= 15 is 0 Å². The molecule has 32 heavy (non-hydrogen) atoms. The van der Waals surface area contributed by atoms with Crippen LogP contribution in [-0.2, 0) is 24.2 Å². The van der Waals surface area contributed by atoms with Gasteiger partial charge in [0.05, 0.1) is 38.2 Å². The van der Waals surface area contributed by atoms with Gasteiger partial charge < -0.3 is 19.4 Å². The summed E-state index contributed by atoms with van der Waals surface area (Å²) < 4.78 is 12.9. The van der Waals surface area contributed by atoms with Gasteiger partial charge >= 0.3 is 0 Å². The Morgan fingerprint density at radius 1 is 0.938 bits per heavy atom. The Morgan fingerprint density at radius 2 is 1.69 bits per heavy atom. The molecule has 1 amide bonds. The molecular formula is C26H27N3O3. The molecule has 0 atom stereocenters. The van der Waals surface area contributed by atoms with Crippen molar-refractivity contribution in [1.29, 1.82) is 0 Å². The van der Waals surface area contributed by atoms with Gasteiger partial charge in [-0.25, -0.2) is 4.98 Å². The van der Waals surface area contributed by atoms with Crippen LogP contribution >= 0.6 is 0 Å². The monoisotopic (exact) mass is 429 g/mol. The average Bonchev–Trinajstić information content (AvgIpc) is 3.17. The Hall–Kier alpha value is -3.80. The first-order chi connectivity index (χ1) is 15.7. The minimum atomic E-state index is -0.0115. The third-order valence-electron chi connectivity index (χ3n) is 5.45. The van der Waals surface area contributed by atoms with Gasteiger partial charge in [0.2, 0.25) is 5.91 Å². The van der Waals surface area contributed by atoms with Crippen molar-refractivity contribution in [3.8, 4) is 11.5 Å². The minimum absolute atomic E-state index is 0.0115. The maximum atomic E-state index is 12.4. The van der Waals surface area contributed by atoms with E-state index in [-0.39, 0.29) is 5.91 Å². The molecule has 0 saturated heterocycles. The minimum Gasteiger partial charge on any atom is -0.497 e. The smallest absolute Gasteiger partial charge is 0.224 e. The number of fused-ring (bicyclic) bond motifs is 1. The van der Waals surface area contributed by atoms with E-state index < -0.39 is 0 Å². The number of rotatable bonds is 9. The summed E-state index contributed by atoms with van der Waals surface area (Å²) in [4.78, 5) is 17.2.